The number of carbonyl (C=O) groups excluding carboxylic acids is 1. The van der Waals surface area contributed by atoms with Crippen LogP contribution in [0, 0.1) is 0 Å². The number of aliphatic imine (C=N–C) groups is 1. The average molecular weight is 427 g/mol. The minimum absolute atomic E-state index is 0.0121. The van der Waals surface area contributed by atoms with Gasteiger partial charge in [0, 0.05) is 17.9 Å². The van der Waals surface area contributed by atoms with Gasteiger partial charge < -0.3 is 19.1 Å². The molecule has 152 valence electrons. The Morgan fingerprint density at radius 3 is 2.79 bits per heavy atom. The van der Waals surface area contributed by atoms with E-state index in [-0.39, 0.29) is 28.7 Å². The van der Waals surface area contributed by atoms with Gasteiger partial charge in [-0.25, -0.2) is 8.42 Å². The van der Waals surface area contributed by atoms with Crippen LogP contribution >= 0.6 is 11.8 Å². The van der Waals surface area contributed by atoms with Crippen molar-refractivity contribution in [1.82, 2.24) is 0 Å². The largest absolute Gasteiger partial charge is 0.497 e. The number of thioether (sulfide) groups is 1. The maximum Gasteiger partial charge on any atom is 0.277 e. The van der Waals surface area contributed by atoms with E-state index in [0.29, 0.717) is 35.4 Å². The molecule has 0 aliphatic carbocycles. The Balaban J connectivity index is 1.76. The number of anilines is 1. The third-order valence-electron chi connectivity index (χ3n) is 5.12. The second-order valence-electron chi connectivity index (χ2n) is 6.94. The van der Waals surface area contributed by atoms with E-state index in [1.807, 2.05) is 4.90 Å². The summed E-state index contributed by atoms with van der Waals surface area (Å²) in [6.45, 7) is 0.561. The van der Waals surface area contributed by atoms with Crippen LogP contribution in [0.15, 0.2) is 23.2 Å². The van der Waals surface area contributed by atoms with Crippen molar-refractivity contribution in [3.8, 4) is 11.5 Å². The molecule has 10 heteroatoms. The van der Waals surface area contributed by atoms with Gasteiger partial charge in [0.05, 0.1) is 37.5 Å². The Morgan fingerprint density at radius 2 is 2.11 bits per heavy atom. The third kappa shape index (κ3) is 3.60. The van der Waals surface area contributed by atoms with Gasteiger partial charge in [0.15, 0.2) is 15.0 Å². The minimum atomic E-state index is -3.15. The SMILES string of the molecule is COc1ccc(OC)c(N2C(=NC(=O)[C@H]3CCCO3)S[C@H]3CS(=O)(=O)C[C@@H]32)c1. The van der Waals surface area contributed by atoms with Gasteiger partial charge in [-0.2, -0.15) is 4.99 Å². The molecule has 0 radical (unpaired) electrons. The van der Waals surface area contributed by atoms with E-state index in [9.17, 15) is 13.2 Å². The van der Waals surface area contributed by atoms with Crippen LogP contribution in [0.3, 0.4) is 0 Å². The van der Waals surface area contributed by atoms with Gasteiger partial charge in [0.1, 0.15) is 17.6 Å². The van der Waals surface area contributed by atoms with Crippen LogP contribution in [0.2, 0.25) is 0 Å². The summed E-state index contributed by atoms with van der Waals surface area (Å²) in [5.41, 5.74) is 0.637. The molecule has 3 aliphatic rings. The van der Waals surface area contributed by atoms with E-state index in [2.05, 4.69) is 4.99 Å². The Bertz CT molecular complexity index is 911. The summed E-state index contributed by atoms with van der Waals surface area (Å²) >= 11 is 1.33. The Labute approximate surface area is 168 Å². The topological polar surface area (TPSA) is 94.5 Å². The molecule has 0 unspecified atom stereocenters. The third-order valence-corrected chi connectivity index (χ3v) is 8.33. The molecule has 0 aromatic heterocycles. The van der Waals surface area contributed by atoms with Crippen molar-refractivity contribution in [3.05, 3.63) is 18.2 Å². The highest BCUT2D eigenvalue weighted by atomic mass is 32.2. The van der Waals surface area contributed by atoms with Crippen molar-refractivity contribution in [2.75, 3.05) is 37.2 Å². The number of nitrogens with zero attached hydrogens (tertiary/aromatic N) is 2. The maximum absolute atomic E-state index is 12.6. The van der Waals surface area contributed by atoms with Crippen molar-refractivity contribution in [2.24, 2.45) is 4.99 Å². The molecular formula is C18H22N2O6S2. The van der Waals surface area contributed by atoms with Crippen molar-refractivity contribution >= 4 is 38.4 Å². The zero-order chi connectivity index (χ0) is 19.9. The summed E-state index contributed by atoms with van der Waals surface area (Å²) in [5.74, 6) is 0.921. The number of benzene rings is 1. The lowest BCUT2D eigenvalue weighted by Crippen LogP contribution is -2.38. The summed E-state index contributed by atoms with van der Waals surface area (Å²) in [4.78, 5) is 18.7. The summed E-state index contributed by atoms with van der Waals surface area (Å²) in [6.07, 6.45) is 0.973. The predicted molar refractivity (Wildman–Crippen MR) is 107 cm³/mol. The van der Waals surface area contributed by atoms with E-state index >= 15 is 0 Å². The number of hydrogen-bond donors (Lipinski definition) is 0. The average Bonchev–Trinajstić information content (AvgIpc) is 3.36. The van der Waals surface area contributed by atoms with E-state index in [1.165, 1.54) is 11.8 Å². The molecule has 8 nitrogen and oxygen atoms in total. The molecule has 1 aromatic carbocycles. The molecule has 4 rings (SSSR count). The molecule has 3 heterocycles. The number of sulfone groups is 1. The number of carbonyl (C=O) groups is 1. The van der Waals surface area contributed by atoms with E-state index in [4.69, 9.17) is 14.2 Å². The molecule has 1 amide bonds. The number of ether oxygens (including phenoxy) is 3. The van der Waals surface area contributed by atoms with E-state index < -0.39 is 15.9 Å². The van der Waals surface area contributed by atoms with Crippen LogP contribution < -0.4 is 14.4 Å². The van der Waals surface area contributed by atoms with Crippen molar-refractivity contribution in [2.45, 2.75) is 30.2 Å². The van der Waals surface area contributed by atoms with Gasteiger partial charge in [-0.05, 0) is 25.0 Å². The second kappa shape index (κ2) is 7.57. The molecule has 3 fully saturated rings. The van der Waals surface area contributed by atoms with Crippen molar-refractivity contribution in [1.29, 1.82) is 0 Å². The van der Waals surface area contributed by atoms with E-state index in [1.54, 1.807) is 32.4 Å². The first-order chi connectivity index (χ1) is 13.4. The molecule has 0 bridgehead atoms. The van der Waals surface area contributed by atoms with Gasteiger partial charge in [0.2, 0.25) is 0 Å². The smallest absolute Gasteiger partial charge is 0.277 e. The van der Waals surface area contributed by atoms with Crippen LogP contribution in [0.1, 0.15) is 12.8 Å². The van der Waals surface area contributed by atoms with Gasteiger partial charge in [-0.3, -0.25) is 4.79 Å². The molecule has 3 saturated heterocycles. The number of amides is 1. The number of hydrogen-bond acceptors (Lipinski definition) is 7. The predicted octanol–water partition coefficient (Wildman–Crippen LogP) is 1.48. The minimum Gasteiger partial charge on any atom is -0.497 e. The number of rotatable bonds is 4. The quantitative estimate of drug-likeness (QED) is 0.715. The summed E-state index contributed by atoms with van der Waals surface area (Å²) in [7, 11) is -0.0424. The van der Waals surface area contributed by atoms with Gasteiger partial charge in [0.25, 0.3) is 5.91 Å². The van der Waals surface area contributed by atoms with Crippen LogP contribution in [-0.4, -0.2) is 69.2 Å². The highest BCUT2D eigenvalue weighted by Gasteiger charge is 2.50. The fourth-order valence-corrected chi connectivity index (χ4v) is 7.68. The fourth-order valence-electron chi connectivity index (χ4n) is 3.77. The van der Waals surface area contributed by atoms with Gasteiger partial charge >= 0.3 is 0 Å². The molecule has 28 heavy (non-hydrogen) atoms. The molecule has 0 spiro atoms. The molecule has 0 saturated carbocycles. The van der Waals surface area contributed by atoms with Gasteiger partial charge in [-0.15, -0.1) is 0 Å². The van der Waals surface area contributed by atoms with Crippen LogP contribution in [0.25, 0.3) is 0 Å². The van der Waals surface area contributed by atoms with Crippen LogP contribution in [-0.2, 0) is 19.4 Å². The van der Waals surface area contributed by atoms with Crippen molar-refractivity contribution in [3.63, 3.8) is 0 Å². The van der Waals surface area contributed by atoms with Crippen LogP contribution in [0.5, 0.6) is 11.5 Å². The highest BCUT2D eigenvalue weighted by Crippen LogP contribution is 2.45. The van der Waals surface area contributed by atoms with Crippen molar-refractivity contribution < 1.29 is 27.4 Å². The normalized spacial score (nSPS) is 29.9. The highest BCUT2D eigenvalue weighted by molar-refractivity contribution is 8.16. The lowest BCUT2D eigenvalue weighted by Gasteiger charge is -2.26. The molecule has 0 N–H and O–H groups in total. The first-order valence-electron chi connectivity index (χ1n) is 9.04. The first kappa shape index (κ1) is 19.5. The Morgan fingerprint density at radius 1 is 1.29 bits per heavy atom. The molecular weight excluding hydrogens is 404 g/mol. The van der Waals surface area contributed by atoms with Crippen LogP contribution in [0.4, 0.5) is 5.69 Å². The standard InChI is InChI=1S/C18H22N2O6S2/c1-24-11-5-6-14(25-2)12(8-11)20-13-9-28(22,23)10-16(13)27-18(20)19-17(21)15-4-3-7-26-15/h5-6,8,13,15-16H,3-4,7,9-10H2,1-2H3/t13-,15+,16-/m0/s1. The number of methoxy groups -OCH3 is 2. The lowest BCUT2D eigenvalue weighted by atomic mass is 10.2. The van der Waals surface area contributed by atoms with E-state index in [0.717, 1.165) is 6.42 Å². The summed E-state index contributed by atoms with van der Waals surface area (Å²) in [5, 5.41) is 0.300. The summed E-state index contributed by atoms with van der Waals surface area (Å²) < 4.78 is 40.7. The Kier molecular flexibility index (Phi) is 5.28. The monoisotopic (exact) mass is 426 g/mol. The Hall–Kier alpha value is -1.78. The van der Waals surface area contributed by atoms with Gasteiger partial charge in [-0.1, -0.05) is 11.8 Å². The second-order valence-corrected chi connectivity index (χ2v) is 10.3. The summed E-state index contributed by atoms with van der Waals surface area (Å²) in [6, 6.07) is 4.99. The zero-order valence-corrected chi connectivity index (χ0v) is 17.3. The number of fused-ring (bicyclic) bond motifs is 1. The fraction of sp³-hybridized carbons (Fsp3) is 0.556. The number of amidine groups is 1. The molecule has 3 atom stereocenters. The first-order valence-corrected chi connectivity index (χ1v) is 11.7. The molecule has 1 aromatic rings. The molecule has 3 aliphatic heterocycles. The zero-order valence-electron chi connectivity index (χ0n) is 15.7. The lowest BCUT2D eigenvalue weighted by molar-refractivity contribution is -0.126. The maximum atomic E-state index is 12.6.